The van der Waals surface area contributed by atoms with Crippen molar-refractivity contribution in [2.75, 3.05) is 14.2 Å². The predicted molar refractivity (Wildman–Crippen MR) is 80.6 cm³/mol. The predicted octanol–water partition coefficient (Wildman–Crippen LogP) is 1.55. The lowest BCUT2D eigenvalue weighted by molar-refractivity contribution is -0.140. The van der Waals surface area contributed by atoms with E-state index in [0.29, 0.717) is 0 Å². The van der Waals surface area contributed by atoms with E-state index in [4.69, 9.17) is 15.2 Å². The van der Waals surface area contributed by atoms with Gasteiger partial charge in [-0.25, -0.2) is 4.79 Å². The lowest BCUT2D eigenvalue weighted by Crippen LogP contribution is -2.26. The van der Waals surface area contributed by atoms with Crippen LogP contribution in [-0.4, -0.2) is 26.2 Å². The fraction of sp³-hybridized carbons (Fsp3) is 0.267. The second kappa shape index (κ2) is 6.98. The quantitative estimate of drug-likeness (QED) is 0.831. The van der Waals surface area contributed by atoms with Gasteiger partial charge in [0.2, 0.25) is 5.88 Å². The number of carbonyl (C=O) groups excluding carboxylic acids is 2. The summed E-state index contributed by atoms with van der Waals surface area (Å²) < 4.78 is 14.7. The fourth-order valence-electron chi connectivity index (χ4n) is 2.23. The molecule has 1 aliphatic rings. The number of nitriles is 1. The second-order valence-electron chi connectivity index (χ2n) is 4.52. The number of ether oxygens (including phenoxy) is 3. The Morgan fingerprint density at radius 1 is 1.43 bits per heavy atom. The first kappa shape index (κ1) is 16.6. The molecule has 1 aromatic rings. The molecule has 0 aliphatic carbocycles. The third-order valence-corrected chi connectivity index (χ3v) is 4.20. The van der Waals surface area contributed by atoms with Gasteiger partial charge in [0.15, 0.2) is 0 Å². The summed E-state index contributed by atoms with van der Waals surface area (Å²) in [7, 11) is 2.44. The van der Waals surface area contributed by atoms with Gasteiger partial charge in [-0.05, 0) is 11.4 Å². The molecule has 0 saturated carbocycles. The van der Waals surface area contributed by atoms with E-state index in [-0.39, 0.29) is 29.2 Å². The van der Waals surface area contributed by atoms with Crippen LogP contribution in [0.2, 0.25) is 0 Å². The molecule has 1 unspecified atom stereocenters. The molecule has 8 heteroatoms. The number of thiophene rings is 1. The van der Waals surface area contributed by atoms with Crippen LogP contribution in [0.4, 0.5) is 0 Å². The van der Waals surface area contributed by atoms with Gasteiger partial charge in [-0.3, -0.25) is 4.79 Å². The zero-order chi connectivity index (χ0) is 17.0. The van der Waals surface area contributed by atoms with Crippen LogP contribution < -0.4 is 5.73 Å². The minimum atomic E-state index is -0.735. The van der Waals surface area contributed by atoms with E-state index in [1.54, 1.807) is 12.1 Å². The Balaban J connectivity index is 2.62. The largest absolute Gasteiger partial charge is 0.469 e. The molecule has 0 radical (unpaired) electrons. The molecule has 23 heavy (non-hydrogen) atoms. The number of rotatable bonds is 4. The van der Waals surface area contributed by atoms with Crippen LogP contribution in [0.15, 0.2) is 40.3 Å². The maximum absolute atomic E-state index is 12.2. The highest BCUT2D eigenvalue weighted by atomic mass is 32.1. The monoisotopic (exact) mass is 334 g/mol. The summed E-state index contributed by atoms with van der Waals surface area (Å²) in [6.45, 7) is 0. The van der Waals surface area contributed by atoms with Crippen molar-refractivity contribution in [3.8, 4) is 6.07 Å². The molecule has 2 N–H and O–H groups in total. The Morgan fingerprint density at radius 3 is 2.70 bits per heavy atom. The van der Waals surface area contributed by atoms with Crippen molar-refractivity contribution in [3.05, 3.63) is 45.2 Å². The number of nitrogens with zero attached hydrogens (tertiary/aromatic N) is 1. The van der Waals surface area contributed by atoms with E-state index < -0.39 is 17.9 Å². The Morgan fingerprint density at radius 2 is 2.17 bits per heavy atom. The summed E-state index contributed by atoms with van der Waals surface area (Å²) in [6, 6.07) is 5.52. The maximum atomic E-state index is 12.2. The molecule has 0 bridgehead atoms. The van der Waals surface area contributed by atoms with Gasteiger partial charge in [-0.2, -0.15) is 5.26 Å². The van der Waals surface area contributed by atoms with E-state index in [9.17, 15) is 14.9 Å². The summed E-state index contributed by atoms with van der Waals surface area (Å²) in [5.74, 6) is -2.14. The van der Waals surface area contributed by atoms with Gasteiger partial charge < -0.3 is 19.9 Å². The Labute approximate surface area is 136 Å². The van der Waals surface area contributed by atoms with Crippen molar-refractivity contribution in [1.82, 2.24) is 0 Å². The number of carbonyl (C=O) groups is 2. The molecule has 0 saturated heterocycles. The lowest BCUT2D eigenvalue weighted by atomic mass is 9.87. The van der Waals surface area contributed by atoms with E-state index in [2.05, 4.69) is 4.74 Å². The summed E-state index contributed by atoms with van der Waals surface area (Å²) in [4.78, 5) is 24.5. The minimum absolute atomic E-state index is 0.0265. The summed E-state index contributed by atoms with van der Waals surface area (Å²) in [5.41, 5.74) is 5.97. The maximum Gasteiger partial charge on any atom is 0.338 e. The second-order valence-corrected chi connectivity index (χ2v) is 5.50. The Hall–Kier alpha value is -2.79. The van der Waals surface area contributed by atoms with Gasteiger partial charge in [0.05, 0.1) is 25.7 Å². The van der Waals surface area contributed by atoms with Crippen LogP contribution in [0.1, 0.15) is 17.2 Å². The molecule has 1 aromatic heterocycles. The number of hydrogen-bond donors (Lipinski definition) is 1. The molecule has 0 amide bonds. The van der Waals surface area contributed by atoms with Crippen molar-refractivity contribution in [3.63, 3.8) is 0 Å². The van der Waals surface area contributed by atoms with Gasteiger partial charge in [-0.1, -0.05) is 6.07 Å². The topological polar surface area (TPSA) is 112 Å². The van der Waals surface area contributed by atoms with Crippen LogP contribution in [0.25, 0.3) is 0 Å². The third-order valence-electron chi connectivity index (χ3n) is 3.26. The highest BCUT2D eigenvalue weighted by Gasteiger charge is 2.38. The average Bonchev–Trinajstić information content (AvgIpc) is 3.07. The zero-order valence-electron chi connectivity index (χ0n) is 12.5. The normalized spacial score (nSPS) is 17.3. The number of methoxy groups -OCH3 is 2. The highest BCUT2D eigenvalue weighted by molar-refractivity contribution is 7.10. The van der Waals surface area contributed by atoms with Crippen molar-refractivity contribution in [2.45, 2.75) is 12.3 Å². The molecule has 1 atom stereocenters. The van der Waals surface area contributed by atoms with Gasteiger partial charge in [0, 0.05) is 4.88 Å². The van der Waals surface area contributed by atoms with Gasteiger partial charge in [-0.15, -0.1) is 11.3 Å². The van der Waals surface area contributed by atoms with E-state index in [1.807, 2.05) is 11.4 Å². The SMILES string of the molecule is COC(=O)CC1=C(C(=O)OC)C(c2cccs2)C(C#N)=C(N)O1. The van der Waals surface area contributed by atoms with Crippen LogP contribution in [-0.2, 0) is 23.8 Å². The molecule has 0 aromatic carbocycles. The molecule has 0 fully saturated rings. The van der Waals surface area contributed by atoms with Crippen LogP contribution in [0.5, 0.6) is 0 Å². The number of esters is 2. The molecular weight excluding hydrogens is 320 g/mol. The summed E-state index contributed by atoms with van der Waals surface area (Å²) >= 11 is 1.35. The highest BCUT2D eigenvalue weighted by Crippen LogP contribution is 2.42. The van der Waals surface area contributed by atoms with E-state index >= 15 is 0 Å². The van der Waals surface area contributed by atoms with Crippen molar-refractivity contribution < 1.29 is 23.8 Å². The smallest absolute Gasteiger partial charge is 0.338 e. The van der Waals surface area contributed by atoms with Crippen LogP contribution >= 0.6 is 11.3 Å². The summed E-state index contributed by atoms with van der Waals surface area (Å²) in [5, 5.41) is 11.2. The molecule has 2 rings (SSSR count). The van der Waals surface area contributed by atoms with Gasteiger partial charge in [0.25, 0.3) is 0 Å². The van der Waals surface area contributed by atoms with Crippen molar-refractivity contribution in [1.29, 1.82) is 5.26 Å². The van der Waals surface area contributed by atoms with E-state index in [1.165, 1.54) is 25.6 Å². The molecule has 0 spiro atoms. The Kier molecular flexibility index (Phi) is 5.03. The van der Waals surface area contributed by atoms with Crippen molar-refractivity contribution in [2.24, 2.45) is 5.73 Å². The fourth-order valence-corrected chi connectivity index (χ4v) is 3.07. The number of hydrogen-bond acceptors (Lipinski definition) is 8. The van der Waals surface area contributed by atoms with Crippen molar-refractivity contribution >= 4 is 23.3 Å². The first-order chi connectivity index (χ1) is 11.0. The van der Waals surface area contributed by atoms with Gasteiger partial charge >= 0.3 is 11.9 Å². The molecule has 2 heterocycles. The molecule has 120 valence electrons. The molecule has 1 aliphatic heterocycles. The zero-order valence-corrected chi connectivity index (χ0v) is 13.3. The van der Waals surface area contributed by atoms with E-state index in [0.717, 1.165) is 4.88 Å². The lowest BCUT2D eigenvalue weighted by Gasteiger charge is -2.26. The van der Waals surface area contributed by atoms with Crippen LogP contribution in [0.3, 0.4) is 0 Å². The first-order valence-corrected chi connectivity index (χ1v) is 7.40. The number of nitrogens with two attached hydrogens (primary N) is 1. The first-order valence-electron chi connectivity index (χ1n) is 6.52. The standard InChI is InChI=1S/C15H14N2O5S/c1-20-11(18)6-9-13(15(19)21-2)12(10-4-3-5-23-10)8(7-16)14(17)22-9/h3-5,12H,6,17H2,1-2H3. The Bertz CT molecular complexity index is 728. The summed E-state index contributed by atoms with van der Waals surface area (Å²) in [6.07, 6.45) is -0.289. The van der Waals surface area contributed by atoms with Gasteiger partial charge in [0.1, 0.15) is 23.8 Å². The minimum Gasteiger partial charge on any atom is -0.469 e. The number of allylic oxidation sites excluding steroid dienone is 1. The third kappa shape index (κ3) is 3.19. The molecular formula is C15H14N2O5S. The van der Waals surface area contributed by atoms with Crippen LogP contribution in [0, 0.1) is 11.3 Å². The average molecular weight is 334 g/mol. The molecule has 7 nitrogen and oxygen atoms in total.